The maximum atomic E-state index is 11.8. The molecule has 0 radical (unpaired) electrons. The van der Waals surface area contributed by atoms with E-state index in [0.29, 0.717) is 11.4 Å². The highest BCUT2D eigenvalue weighted by atomic mass is 32.2. The number of nitrogens with two attached hydrogens (primary N) is 2. The molecule has 6 N–H and O–H groups in total. The molecule has 0 unspecified atom stereocenters. The van der Waals surface area contributed by atoms with Crippen LogP contribution in [0.3, 0.4) is 0 Å². The van der Waals surface area contributed by atoms with E-state index in [0.717, 1.165) is 0 Å². The van der Waals surface area contributed by atoms with Crippen molar-refractivity contribution in [3.63, 3.8) is 0 Å². The van der Waals surface area contributed by atoms with Gasteiger partial charge in [-0.3, -0.25) is 4.79 Å². The van der Waals surface area contributed by atoms with Gasteiger partial charge in [0.25, 0.3) is 0 Å². The summed E-state index contributed by atoms with van der Waals surface area (Å²) >= 11 is 0. The average Bonchev–Trinajstić information content (AvgIpc) is 2.27. The number of benzene rings is 1. The first kappa shape index (κ1) is 14.3. The standard InChI is InChI=1S/C10H16N4O3S/c1-2-14-18(16,17)7-3-4-8(11)9(5-7)13-6-10(12)15/h3-5,13-14H,2,6,11H2,1H3,(H2,12,15). The lowest BCUT2D eigenvalue weighted by atomic mass is 10.2. The minimum atomic E-state index is -3.55. The van der Waals surface area contributed by atoms with Crippen LogP contribution >= 0.6 is 0 Å². The van der Waals surface area contributed by atoms with Gasteiger partial charge in [0.2, 0.25) is 15.9 Å². The first-order chi connectivity index (χ1) is 8.36. The molecule has 1 rings (SSSR count). The van der Waals surface area contributed by atoms with Crippen LogP contribution in [0.25, 0.3) is 0 Å². The Kier molecular flexibility index (Phi) is 4.51. The Hall–Kier alpha value is -1.80. The van der Waals surface area contributed by atoms with E-state index in [1.165, 1.54) is 18.2 Å². The summed E-state index contributed by atoms with van der Waals surface area (Å²) < 4.78 is 25.9. The summed E-state index contributed by atoms with van der Waals surface area (Å²) in [5, 5.41) is 2.68. The van der Waals surface area contributed by atoms with Crippen molar-refractivity contribution in [1.29, 1.82) is 0 Å². The zero-order valence-electron chi connectivity index (χ0n) is 9.93. The Bertz CT molecular complexity index is 542. The molecule has 0 spiro atoms. The second-order valence-electron chi connectivity index (χ2n) is 3.57. The van der Waals surface area contributed by atoms with E-state index in [1.807, 2.05) is 0 Å². The molecule has 0 fully saturated rings. The number of hydrogen-bond acceptors (Lipinski definition) is 5. The van der Waals surface area contributed by atoms with Gasteiger partial charge >= 0.3 is 0 Å². The minimum absolute atomic E-state index is 0.0746. The minimum Gasteiger partial charge on any atom is -0.397 e. The zero-order valence-corrected chi connectivity index (χ0v) is 10.8. The van der Waals surface area contributed by atoms with E-state index in [-0.39, 0.29) is 18.0 Å². The van der Waals surface area contributed by atoms with Gasteiger partial charge in [0.05, 0.1) is 22.8 Å². The van der Waals surface area contributed by atoms with Crippen molar-refractivity contribution in [1.82, 2.24) is 4.72 Å². The molecular formula is C10H16N4O3S. The summed E-state index contributed by atoms with van der Waals surface area (Å²) in [7, 11) is -3.55. The lowest BCUT2D eigenvalue weighted by Gasteiger charge is -2.10. The van der Waals surface area contributed by atoms with Crippen LogP contribution in [0, 0.1) is 0 Å². The topological polar surface area (TPSA) is 127 Å². The number of nitrogens with one attached hydrogen (secondary N) is 2. The maximum Gasteiger partial charge on any atom is 0.240 e. The molecule has 1 aromatic rings. The van der Waals surface area contributed by atoms with Crippen LogP contribution < -0.4 is 21.5 Å². The van der Waals surface area contributed by atoms with E-state index >= 15 is 0 Å². The van der Waals surface area contributed by atoms with Gasteiger partial charge in [-0.2, -0.15) is 0 Å². The lowest BCUT2D eigenvalue weighted by molar-refractivity contribution is -0.116. The highest BCUT2D eigenvalue weighted by Gasteiger charge is 2.14. The van der Waals surface area contributed by atoms with Gasteiger partial charge in [0, 0.05) is 6.54 Å². The molecule has 0 aliphatic carbocycles. The van der Waals surface area contributed by atoms with Crippen LogP contribution in [-0.4, -0.2) is 27.4 Å². The van der Waals surface area contributed by atoms with Crippen LogP contribution in [-0.2, 0) is 14.8 Å². The maximum absolute atomic E-state index is 11.8. The second-order valence-corrected chi connectivity index (χ2v) is 5.34. The van der Waals surface area contributed by atoms with Gasteiger partial charge in [0.15, 0.2) is 0 Å². The Morgan fingerprint density at radius 2 is 2.06 bits per heavy atom. The molecule has 7 nitrogen and oxygen atoms in total. The highest BCUT2D eigenvalue weighted by molar-refractivity contribution is 7.89. The molecular weight excluding hydrogens is 256 g/mol. The fraction of sp³-hybridized carbons (Fsp3) is 0.300. The van der Waals surface area contributed by atoms with Gasteiger partial charge in [-0.1, -0.05) is 6.92 Å². The van der Waals surface area contributed by atoms with E-state index in [9.17, 15) is 13.2 Å². The summed E-state index contributed by atoms with van der Waals surface area (Å²) in [6, 6.07) is 4.20. The molecule has 0 heterocycles. The summed E-state index contributed by atoms with van der Waals surface area (Å²) in [5.74, 6) is -0.561. The van der Waals surface area contributed by atoms with Crippen LogP contribution in [0.15, 0.2) is 23.1 Å². The van der Waals surface area contributed by atoms with Crippen molar-refractivity contribution in [3.05, 3.63) is 18.2 Å². The smallest absolute Gasteiger partial charge is 0.240 e. The fourth-order valence-electron chi connectivity index (χ4n) is 1.31. The number of anilines is 2. The first-order valence-corrected chi connectivity index (χ1v) is 6.76. The predicted molar refractivity (Wildman–Crippen MR) is 69.4 cm³/mol. The van der Waals surface area contributed by atoms with Gasteiger partial charge < -0.3 is 16.8 Å². The molecule has 0 bridgehead atoms. The van der Waals surface area contributed by atoms with Gasteiger partial charge in [-0.25, -0.2) is 13.1 Å². The van der Waals surface area contributed by atoms with Crippen LogP contribution in [0.1, 0.15) is 6.92 Å². The van der Waals surface area contributed by atoms with Crippen molar-refractivity contribution in [2.75, 3.05) is 24.1 Å². The molecule has 0 saturated carbocycles. The van der Waals surface area contributed by atoms with Crippen LogP contribution in [0.5, 0.6) is 0 Å². The van der Waals surface area contributed by atoms with Crippen molar-refractivity contribution >= 4 is 27.3 Å². The number of carbonyl (C=O) groups is 1. The summed E-state index contributed by atoms with van der Waals surface area (Å²) in [5.41, 5.74) is 11.3. The Labute approximate surface area is 106 Å². The van der Waals surface area contributed by atoms with E-state index in [2.05, 4.69) is 10.0 Å². The van der Waals surface area contributed by atoms with Crippen LogP contribution in [0.4, 0.5) is 11.4 Å². The number of sulfonamides is 1. The zero-order chi connectivity index (χ0) is 13.8. The Morgan fingerprint density at radius 3 is 2.61 bits per heavy atom. The van der Waals surface area contributed by atoms with Crippen molar-refractivity contribution in [3.8, 4) is 0 Å². The molecule has 1 amide bonds. The molecule has 100 valence electrons. The van der Waals surface area contributed by atoms with Gasteiger partial charge in [-0.05, 0) is 18.2 Å². The van der Waals surface area contributed by atoms with E-state index < -0.39 is 15.9 Å². The Balaban J connectivity index is 3.04. The third kappa shape index (κ3) is 3.60. The average molecular weight is 272 g/mol. The molecule has 0 atom stereocenters. The van der Waals surface area contributed by atoms with E-state index in [1.54, 1.807) is 6.92 Å². The summed E-state index contributed by atoms with van der Waals surface area (Å²) in [6.45, 7) is 1.85. The van der Waals surface area contributed by atoms with Gasteiger partial charge in [0.1, 0.15) is 0 Å². The molecule has 0 aliphatic heterocycles. The number of carbonyl (C=O) groups excluding carboxylic acids is 1. The summed E-state index contributed by atoms with van der Waals surface area (Å²) in [6.07, 6.45) is 0. The number of amides is 1. The number of hydrogen-bond donors (Lipinski definition) is 4. The van der Waals surface area contributed by atoms with Crippen molar-refractivity contribution in [2.45, 2.75) is 11.8 Å². The van der Waals surface area contributed by atoms with E-state index in [4.69, 9.17) is 11.5 Å². The number of primary amides is 1. The SMILES string of the molecule is CCNS(=O)(=O)c1ccc(N)c(NCC(N)=O)c1. The summed E-state index contributed by atoms with van der Waals surface area (Å²) in [4.78, 5) is 10.7. The molecule has 8 heteroatoms. The molecule has 0 aromatic heterocycles. The first-order valence-electron chi connectivity index (χ1n) is 5.28. The van der Waals surface area contributed by atoms with Crippen molar-refractivity contribution in [2.24, 2.45) is 5.73 Å². The quantitative estimate of drug-likeness (QED) is 0.517. The third-order valence-corrected chi connectivity index (χ3v) is 3.67. The monoisotopic (exact) mass is 272 g/mol. The molecule has 0 aliphatic rings. The van der Waals surface area contributed by atoms with Crippen LogP contribution in [0.2, 0.25) is 0 Å². The van der Waals surface area contributed by atoms with Crippen molar-refractivity contribution < 1.29 is 13.2 Å². The Morgan fingerprint density at radius 1 is 1.39 bits per heavy atom. The third-order valence-electron chi connectivity index (χ3n) is 2.12. The fourth-order valence-corrected chi connectivity index (χ4v) is 2.38. The predicted octanol–water partition coefficient (Wildman–Crippen LogP) is -0.536. The highest BCUT2D eigenvalue weighted by Crippen LogP contribution is 2.22. The number of nitrogen functional groups attached to an aromatic ring is 1. The molecule has 1 aromatic carbocycles. The number of rotatable bonds is 6. The largest absolute Gasteiger partial charge is 0.397 e. The van der Waals surface area contributed by atoms with Gasteiger partial charge in [-0.15, -0.1) is 0 Å². The lowest BCUT2D eigenvalue weighted by Crippen LogP contribution is -2.24. The normalized spacial score (nSPS) is 11.2. The molecule has 18 heavy (non-hydrogen) atoms. The molecule has 0 saturated heterocycles. The second kappa shape index (κ2) is 5.69.